The van der Waals surface area contributed by atoms with E-state index in [0.29, 0.717) is 17.8 Å². The van der Waals surface area contributed by atoms with Crippen LogP contribution in [0.2, 0.25) is 0 Å². The van der Waals surface area contributed by atoms with Crippen LogP contribution in [0.5, 0.6) is 0 Å². The van der Waals surface area contributed by atoms with E-state index in [9.17, 15) is 4.79 Å². The molecule has 2 saturated heterocycles. The lowest BCUT2D eigenvalue weighted by molar-refractivity contribution is -0.176. The van der Waals surface area contributed by atoms with Gasteiger partial charge in [-0.1, -0.05) is 6.07 Å². The number of likely N-dealkylation sites (tertiary alicyclic amines) is 1. The van der Waals surface area contributed by atoms with Crippen molar-refractivity contribution >= 4 is 35.3 Å². The number of carbonyl (C=O) groups is 1. The molecule has 10 heteroatoms. The maximum Gasteiger partial charge on any atom is 0.274 e. The quantitative estimate of drug-likeness (QED) is 0.673. The van der Waals surface area contributed by atoms with Gasteiger partial charge in [-0.15, -0.1) is 15.3 Å². The second kappa shape index (κ2) is 6.84. The number of aromatic nitrogens is 3. The highest BCUT2D eigenvalue weighted by Gasteiger charge is 2.51. The number of ether oxygens (including phenoxy) is 1. The molecule has 7 nitrogen and oxygen atoms in total. The van der Waals surface area contributed by atoms with Gasteiger partial charge in [-0.05, 0) is 29.7 Å². The Morgan fingerprint density at radius 2 is 1.97 bits per heavy atom. The number of carbonyl (C=O) groups excluding carboxylic acids is 1. The zero-order valence-electron chi connectivity index (χ0n) is 17.0. The Bertz CT molecular complexity index is 1010. The van der Waals surface area contributed by atoms with Crippen molar-refractivity contribution in [2.24, 2.45) is 5.41 Å². The number of nitrogens with zero attached hydrogens (tertiary/aromatic N) is 5. The van der Waals surface area contributed by atoms with Gasteiger partial charge in [-0.25, -0.2) is 0 Å². The van der Waals surface area contributed by atoms with Crippen LogP contribution in [0.25, 0.3) is 0 Å². The van der Waals surface area contributed by atoms with E-state index in [1.807, 2.05) is 24.0 Å². The number of pyridine rings is 1. The first kappa shape index (κ1) is 19.6. The number of fused-ring (bicyclic) bond motifs is 1. The van der Waals surface area contributed by atoms with Crippen LogP contribution in [0.3, 0.4) is 0 Å². The van der Waals surface area contributed by atoms with Gasteiger partial charge in [-0.2, -0.15) is 0 Å². The van der Waals surface area contributed by atoms with Gasteiger partial charge < -0.3 is 14.5 Å². The highest BCUT2D eigenvalue weighted by molar-refractivity contribution is 6.58. The first-order valence-electron chi connectivity index (χ1n) is 10.1. The van der Waals surface area contributed by atoms with Gasteiger partial charge in [-0.3, -0.25) is 9.78 Å². The van der Waals surface area contributed by atoms with Crippen LogP contribution in [-0.4, -0.2) is 82.4 Å². The van der Waals surface area contributed by atoms with E-state index < -0.39 is 5.11 Å². The molecule has 2 fully saturated rings. The van der Waals surface area contributed by atoms with Crippen LogP contribution in [0, 0.1) is 12.3 Å². The smallest absolute Gasteiger partial charge is 0.274 e. The van der Waals surface area contributed by atoms with E-state index in [4.69, 9.17) is 28.3 Å². The molecule has 5 rings (SSSR count). The second-order valence-electron chi connectivity index (χ2n) is 8.82. The minimum atomic E-state index is -1.43. The van der Waals surface area contributed by atoms with Crippen LogP contribution in [0.4, 0.5) is 5.82 Å². The minimum Gasteiger partial charge on any atom is -0.380 e. The Morgan fingerprint density at radius 3 is 2.60 bits per heavy atom. The lowest BCUT2D eigenvalue weighted by atomic mass is 9.40. The molecule has 1 amide bonds. The van der Waals surface area contributed by atoms with Crippen LogP contribution < -0.4 is 4.90 Å². The molecule has 146 valence electrons. The van der Waals surface area contributed by atoms with Crippen molar-refractivity contribution in [3.63, 3.8) is 0 Å². The summed E-state index contributed by atoms with van der Waals surface area (Å²) in [5.74, 6) is 0.687. The molecular weight excluding hydrogens is 375 g/mol. The Kier molecular flexibility index (Phi) is 4.47. The predicted molar refractivity (Wildman–Crippen MR) is 114 cm³/mol. The molecule has 3 aliphatic rings. The standard InChI is InChI=1S/C20H20B3N5O2/c1-12-4-16(18(29)28-8-19(9-28)10-30-11-19)25-26-17(12)27-3-2-15-13(7-27)5-14(6-24-15)20(21,22)23/h4-6H,2-3,7-11H2,1H3. The normalized spacial score (nSPS) is 19.8. The molecule has 5 heterocycles. The molecular formula is C20H20B3N5O2. The van der Waals surface area contributed by atoms with Crippen LogP contribution >= 0.6 is 0 Å². The van der Waals surface area contributed by atoms with E-state index in [0.717, 1.165) is 61.9 Å². The third kappa shape index (κ3) is 3.31. The topological polar surface area (TPSA) is 71.5 Å². The Labute approximate surface area is 179 Å². The number of amides is 1. The van der Waals surface area contributed by atoms with Gasteiger partial charge in [0.1, 0.15) is 0 Å². The van der Waals surface area contributed by atoms with E-state index in [1.165, 1.54) is 0 Å². The Hall–Kier alpha value is -2.35. The van der Waals surface area contributed by atoms with Crippen molar-refractivity contribution in [3.8, 4) is 0 Å². The third-order valence-corrected chi connectivity index (χ3v) is 6.17. The lowest BCUT2D eigenvalue weighted by Crippen LogP contribution is -2.67. The lowest BCUT2D eigenvalue weighted by Gasteiger charge is -2.54. The van der Waals surface area contributed by atoms with Gasteiger partial charge >= 0.3 is 0 Å². The summed E-state index contributed by atoms with van der Waals surface area (Å²) in [7, 11) is 17.4. The van der Waals surface area contributed by atoms with Crippen LogP contribution in [0.15, 0.2) is 18.3 Å². The van der Waals surface area contributed by atoms with Crippen molar-refractivity contribution in [2.45, 2.75) is 25.0 Å². The third-order valence-electron chi connectivity index (χ3n) is 6.17. The van der Waals surface area contributed by atoms with E-state index >= 15 is 0 Å². The van der Waals surface area contributed by atoms with Gasteiger partial charge in [0, 0.05) is 44.5 Å². The molecule has 1 spiro atoms. The molecule has 0 unspecified atom stereocenters. The molecule has 30 heavy (non-hydrogen) atoms. The first-order chi connectivity index (χ1) is 14.2. The molecule has 0 atom stereocenters. The van der Waals surface area contributed by atoms with Gasteiger partial charge in [0.25, 0.3) is 5.91 Å². The molecule has 3 aliphatic heterocycles. The van der Waals surface area contributed by atoms with E-state index in [1.54, 1.807) is 6.20 Å². The Balaban J connectivity index is 1.32. The maximum atomic E-state index is 12.7. The summed E-state index contributed by atoms with van der Waals surface area (Å²) in [5, 5.41) is 7.19. The average molecular weight is 395 g/mol. The molecule has 0 aromatic carbocycles. The minimum absolute atomic E-state index is 0.0716. The fourth-order valence-electron chi connectivity index (χ4n) is 4.38. The number of rotatable bonds is 3. The highest BCUT2D eigenvalue weighted by atomic mass is 16.5. The highest BCUT2D eigenvalue weighted by Crippen LogP contribution is 2.38. The fourth-order valence-corrected chi connectivity index (χ4v) is 4.38. The predicted octanol–water partition coefficient (Wildman–Crippen LogP) is -0.169. The maximum absolute atomic E-state index is 12.7. The number of hydrogen-bond donors (Lipinski definition) is 0. The molecule has 0 N–H and O–H groups in total. The number of aryl methyl sites for hydroxylation is 1. The van der Waals surface area contributed by atoms with Crippen LogP contribution in [-0.2, 0) is 22.8 Å². The van der Waals surface area contributed by atoms with Crippen molar-refractivity contribution in [1.29, 1.82) is 0 Å². The van der Waals surface area contributed by atoms with Gasteiger partial charge in [0.2, 0.25) is 0 Å². The monoisotopic (exact) mass is 395 g/mol. The zero-order chi connectivity index (χ0) is 21.1. The molecule has 0 bridgehead atoms. The summed E-state index contributed by atoms with van der Waals surface area (Å²) in [6, 6.07) is 3.72. The summed E-state index contributed by atoms with van der Waals surface area (Å²) in [6.45, 7) is 6.27. The number of anilines is 1. The number of hydrogen-bond acceptors (Lipinski definition) is 6. The molecule has 0 aliphatic carbocycles. The summed E-state index contributed by atoms with van der Waals surface area (Å²) in [4.78, 5) is 21.1. The molecule has 2 aromatic heterocycles. The zero-order valence-corrected chi connectivity index (χ0v) is 17.0. The van der Waals surface area contributed by atoms with Gasteiger partial charge in [0.05, 0.1) is 42.2 Å². The molecule has 0 saturated carbocycles. The second-order valence-corrected chi connectivity index (χ2v) is 8.82. The van der Waals surface area contributed by atoms with Gasteiger partial charge in [0.15, 0.2) is 11.5 Å². The average Bonchev–Trinajstić information content (AvgIpc) is 2.64. The SMILES string of the molecule is [B]C([B])([B])c1cnc2c(c1)CN(c1nnc(C(=O)N3CC4(COC4)C3)cc1C)CC2. The van der Waals surface area contributed by atoms with E-state index in [2.05, 4.69) is 20.1 Å². The summed E-state index contributed by atoms with van der Waals surface area (Å²) >= 11 is 0. The van der Waals surface area contributed by atoms with Crippen molar-refractivity contribution in [2.75, 3.05) is 37.7 Å². The summed E-state index contributed by atoms with van der Waals surface area (Å²) in [6.07, 6.45) is 2.40. The van der Waals surface area contributed by atoms with Crippen molar-refractivity contribution in [1.82, 2.24) is 20.1 Å². The molecule has 2 aromatic rings. The summed E-state index contributed by atoms with van der Waals surface area (Å²) in [5.41, 5.74) is 4.07. The fraction of sp³-hybridized carbons (Fsp3) is 0.500. The largest absolute Gasteiger partial charge is 0.380 e. The van der Waals surface area contributed by atoms with Crippen molar-refractivity contribution < 1.29 is 9.53 Å². The van der Waals surface area contributed by atoms with Crippen LogP contribution in [0.1, 0.15) is 32.9 Å². The summed E-state index contributed by atoms with van der Waals surface area (Å²) < 4.78 is 5.27. The first-order valence-corrected chi connectivity index (χ1v) is 10.1. The van der Waals surface area contributed by atoms with E-state index in [-0.39, 0.29) is 11.3 Å². The Morgan fingerprint density at radius 1 is 1.20 bits per heavy atom. The molecule has 6 radical (unpaired) electrons. The van der Waals surface area contributed by atoms with Crippen molar-refractivity contribution in [3.05, 3.63) is 46.4 Å².